The van der Waals surface area contributed by atoms with Crippen LogP contribution in [0, 0.1) is 5.82 Å². The summed E-state index contributed by atoms with van der Waals surface area (Å²) in [6.45, 7) is 0.773. The highest BCUT2D eigenvalue weighted by molar-refractivity contribution is 5.54. The van der Waals surface area contributed by atoms with Crippen LogP contribution in [0.25, 0.3) is 0 Å². The number of methoxy groups -OCH3 is 2. The quantitative estimate of drug-likeness (QED) is 0.941. The maximum atomic E-state index is 14.2. The van der Waals surface area contributed by atoms with Crippen LogP contribution in [0.5, 0.6) is 11.5 Å². The van der Waals surface area contributed by atoms with E-state index in [1.807, 2.05) is 18.2 Å². The Balaban J connectivity index is 2.19. The van der Waals surface area contributed by atoms with Crippen molar-refractivity contribution < 1.29 is 13.9 Å². The summed E-state index contributed by atoms with van der Waals surface area (Å²) in [5.74, 6) is 1.37. The first-order valence-electron chi connectivity index (χ1n) is 6.97. The standard InChI is InChI=1S/C17H18FNO2/c1-20-14-7-8-15(21-2)16-12(14)9-10-19-17(16)11-5-3-4-6-13(11)18/h3-8,17,19H,9-10H2,1-2H3. The summed E-state index contributed by atoms with van der Waals surface area (Å²) < 4.78 is 25.1. The fourth-order valence-corrected chi connectivity index (χ4v) is 2.99. The lowest BCUT2D eigenvalue weighted by Gasteiger charge is -2.30. The summed E-state index contributed by atoms with van der Waals surface area (Å²) in [5, 5.41) is 3.38. The minimum Gasteiger partial charge on any atom is -0.496 e. The van der Waals surface area contributed by atoms with Crippen LogP contribution in [0.15, 0.2) is 36.4 Å². The van der Waals surface area contributed by atoms with E-state index in [-0.39, 0.29) is 11.9 Å². The van der Waals surface area contributed by atoms with E-state index in [1.165, 1.54) is 6.07 Å². The molecule has 1 heterocycles. The van der Waals surface area contributed by atoms with Crippen LogP contribution in [-0.4, -0.2) is 20.8 Å². The number of hydrogen-bond acceptors (Lipinski definition) is 3. The van der Waals surface area contributed by atoms with Crippen molar-refractivity contribution in [1.29, 1.82) is 0 Å². The van der Waals surface area contributed by atoms with Crippen LogP contribution < -0.4 is 14.8 Å². The summed E-state index contributed by atoms with van der Waals surface area (Å²) in [5.41, 5.74) is 2.68. The van der Waals surface area contributed by atoms with Crippen molar-refractivity contribution in [1.82, 2.24) is 5.32 Å². The Bertz CT molecular complexity index is 657. The average Bonchev–Trinajstić information content (AvgIpc) is 2.53. The van der Waals surface area contributed by atoms with Crippen LogP contribution in [0.4, 0.5) is 4.39 Å². The second kappa shape index (κ2) is 5.74. The lowest BCUT2D eigenvalue weighted by molar-refractivity contribution is 0.381. The molecule has 2 aromatic carbocycles. The third kappa shape index (κ3) is 2.36. The third-order valence-electron chi connectivity index (χ3n) is 3.94. The summed E-state index contributed by atoms with van der Waals surface area (Å²) in [6.07, 6.45) is 0.834. The number of rotatable bonds is 3. The zero-order chi connectivity index (χ0) is 14.8. The first-order chi connectivity index (χ1) is 10.3. The van der Waals surface area contributed by atoms with E-state index in [0.717, 1.165) is 35.6 Å². The molecule has 0 bridgehead atoms. The molecule has 110 valence electrons. The van der Waals surface area contributed by atoms with Gasteiger partial charge in [-0.3, -0.25) is 0 Å². The maximum absolute atomic E-state index is 14.2. The van der Waals surface area contributed by atoms with Gasteiger partial charge in [0, 0.05) is 23.2 Å². The molecule has 0 spiro atoms. The van der Waals surface area contributed by atoms with E-state index in [1.54, 1.807) is 26.4 Å². The van der Waals surface area contributed by atoms with Gasteiger partial charge in [-0.1, -0.05) is 18.2 Å². The predicted octanol–water partition coefficient (Wildman–Crippen LogP) is 3.08. The van der Waals surface area contributed by atoms with Gasteiger partial charge in [-0.25, -0.2) is 4.39 Å². The van der Waals surface area contributed by atoms with Crippen LogP contribution in [0.1, 0.15) is 22.7 Å². The van der Waals surface area contributed by atoms with Gasteiger partial charge in [-0.15, -0.1) is 0 Å². The van der Waals surface area contributed by atoms with Crippen molar-refractivity contribution in [2.75, 3.05) is 20.8 Å². The molecule has 0 fully saturated rings. The highest BCUT2D eigenvalue weighted by Crippen LogP contribution is 2.40. The summed E-state index contributed by atoms with van der Waals surface area (Å²) in [4.78, 5) is 0. The van der Waals surface area contributed by atoms with Gasteiger partial charge in [0.25, 0.3) is 0 Å². The second-order valence-corrected chi connectivity index (χ2v) is 5.02. The zero-order valence-electron chi connectivity index (χ0n) is 12.2. The highest BCUT2D eigenvalue weighted by Gasteiger charge is 2.29. The van der Waals surface area contributed by atoms with Gasteiger partial charge in [0.05, 0.1) is 20.3 Å². The molecule has 2 aromatic rings. The van der Waals surface area contributed by atoms with Crippen molar-refractivity contribution in [2.45, 2.75) is 12.5 Å². The van der Waals surface area contributed by atoms with Crippen molar-refractivity contribution in [2.24, 2.45) is 0 Å². The molecule has 0 aliphatic carbocycles. The summed E-state index contributed by atoms with van der Waals surface area (Å²) in [6, 6.07) is 10.4. The van der Waals surface area contributed by atoms with Crippen molar-refractivity contribution >= 4 is 0 Å². The SMILES string of the molecule is COc1ccc(OC)c2c1CCNC2c1ccccc1F. The molecule has 3 nitrogen and oxygen atoms in total. The van der Waals surface area contributed by atoms with Crippen molar-refractivity contribution in [3.8, 4) is 11.5 Å². The smallest absolute Gasteiger partial charge is 0.128 e. The molecule has 0 saturated carbocycles. The Morgan fingerprint density at radius 2 is 1.76 bits per heavy atom. The Morgan fingerprint density at radius 3 is 2.48 bits per heavy atom. The van der Waals surface area contributed by atoms with Gasteiger partial charge in [0.2, 0.25) is 0 Å². The Morgan fingerprint density at radius 1 is 1.05 bits per heavy atom. The summed E-state index contributed by atoms with van der Waals surface area (Å²) >= 11 is 0. The van der Waals surface area contributed by atoms with Gasteiger partial charge in [0.15, 0.2) is 0 Å². The zero-order valence-corrected chi connectivity index (χ0v) is 12.2. The topological polar surface area (TPSA) is 30.5 Å². The highest BCUT2D eigenvalue weighted by atomic mass is 19.1. The molecule has 1 aliphatic heterocycles. The monoisotopic (exact) mass is 287 g/mol. The predicted molar refractivity (Wildman–Crippen MR) is 79.5 cm³/mol. The van der Waals surface area contributed by atoms with Crippen LogP contribution in [0.3, 0.4) is 0 Å². The minimum atomic E-state index is -0.222. The maximum Gasteiger partial charge on any atom is 0.128 e. The van der Waals surface area contributed by atoms with Crippen LogP contribution >= 0.6 is 0 Å². The molecule has 3 rings (SSSR count). The molecule has 4 heteroatoms. The molecule has 1 unspecified atom stereocenters. The normalized spacial score (nSPS) is 17.2. The number of benzene rings is 2. The first kappa shape index (κ1) is 13.9. The minimum absolute atomic E-state index is 0.215. The number of fused-ring (bicyclic) bond motifs is 1. The number of halogens is 1. The van der Waals surface area contributed by atoms with Gasteiger partial charge >= 0.3 is 0 Å². The molecule has 0 aromatic heterocycles. The van der Waals surface area contributed by atoms with Gasteiger partial charge in [-0.2, -0.15) is 0 Å². The largest absolute Gasteiger partial charge is 0.496 e. The number of nitrogens with one attached hydrogen (secondary N) is 1. The molecule has 21 heavy (non-hydrogen) atoms. The van der Waals surface area contributed by atoms with Crippen LogP contribution in [-0.2, 0) is 6.42 Å². The lowest BCUT2D eigenvalue weighted by atomic mass is 9.88. The van der Waals surface area contributed by atoms with E-state index in [0.29, 0.717) is 5.56 Å². The Kier molecular flexibility index (Phi) is 3.80. The summed E-state index contributed by atoms with van der Waals surface area (Å²) in [7, 11) is 3.29. The fraction of sp³-hybridized carbons (Fsp3) is 0.294. The third-order valence-corrected chi connectivity index (χ3v) is 3.94. The lowest BCUT2D eigenvalue weighted by Crippen LogP contribution is -2.32. The van der Waals surface area contributed by atoms with E-state index < -0.39 is 0 Å². The molecular formula is C17H18FNO2. The van der Waals surface area contributed by atoms with Crippen molar-refractivity contribution in [3.63, 3.8) is 0 Å². The molecule has 1 N–H and O–H groups in total. The van der Waals surface area contributed by atoms with Crippen LogP contribution in [0.2, 0.25) is 0 Å². The fourth-order valence-electron chi connectivity index (χ4n) is 2.99. The van der Waals surface area contributed by atoms with E-state index in [9.17, 15) is 4.39 Å². The van der Waals surface area contributed by atoms with Gasteiger partial charge < -0.3 is 14.8 Å². The number of hydrogen-bond donors (Lipinski definition) is 1. The molecule has 1 atom stereocenters. The van der Waals surface area contributed by atoms with Gasteiger partial charge in [-0.05, 0) is 24.6 Å². The molecule has 0 amide bonds. The Hall–Kier alpha value is -2.07. The van der Waals surface area contributed by atoms with Crippen molar-refractivity contribution in [3.05, 3.63) is 58.9 Å². The number of ether oxygens (including phenoxy) is 2. The molecular weight excluding hydrogens is 269 g/mol. The van der Waals surface area contributed by atoms with E-state index in [4.69, 9.17) is 9.47 Å². The van der Waals surface area contributed by atoms with E-state index >= 15 is 0 Å². The van der Waals surface area contributed by atoms with E-state index in [2.05, 4.69) is 5.32 Å². The molecule has 0 saturated heterocycles. The average molecular weight is 287 g/mol. The molecule has 1 aliphatic rings. The molecule has 0 radical (unpaired) electrons. The second-order valence-electron chi connectivity index (χ2n) is 5.02. The Labute approximate surface area is 123 Å². The van der Waals surface area contributed by atoms with Gasteiger partial charge in [0.1, 0.15) is 17.3 Å². The first-order valence-corrected chi connectivity index (χ1v) is 6.97.